The summed E-state index contributed by atoms with van der Waals surface area (Å²) in [5.74, 6) is 0.917. The molecule has 29 heavy (non-hydrogen) atoms. The van der Waals surface area contributed by atoms with E-state index < -0.39 is 6.43 Å². The summed E-state index contributed by atoms with van der Waals surface area (Å²) >= 11 is 0. The van der Waals surface area contributed by atoms with Crippen molar-refractivity contribution in [3.8, 4) is 22.8 Å². The lowest BCUT2D eigenvalue weighted by atomic mass is 10.1. The Labute approximate surface area is 165 Å². The quantitative estimate of drug-likeness (QED) is 0.494. The number of rotatable bonds is 5. The molecule has 0 bridgehead atoms. The van der Waals surface area contributed by atoms with E-state index in [1.165, 1.54) is 6.07 Å². The van der Waals surface area contributed by atoms with Gasteiger partial charge in [-0.05, 0) is 49.2 Å². The maximum Gasteiger partial charge on any atom is 0.264 e. The number of halogens is 2. The number of pyridine rings is 1. The monoisotopic (exact) mass is 395 g/mol. The van der Waals surface area contributed by atoms with Crippen LogP contribution in [0.15, 0.2) is 42.6 Å². The molecule has 3 aromatic heterocycles. The molecule has 1 aliphatic rings. The molecule has 0 amide bonds. The number of aromatic nitrogens is 5. The summed E-state index contributed by atoms with van der Waals surface area (Å²) in [4.78, 5) is 4.71. The van der Waals surface area contributed by atoms with Gasteiger partial charge in [-0.25, -0.2) is 18.4 Å². The first-order valence-corrected chi connectivity index (χ1v) is 9.41. The molecule has 148 valence electrons. The Hall–Kier alpha value is -3.29. The van der Waals surface area contributed by atoms with Gasteiger partial charge in [0, 0.05) is 24.7 Å². The highest BCUT2D eigenvalue weighted by molar-refractivity contribution is 5.87. The van der Waals surface area contributed by atoms with Crippen LogP contribution < -0.4 is 4.74 Å². The number of alkyl halides is 2. The van der Waals surface area contributed by atoms with Crippen LogP contribution in [0.4, 0.5) is 8.78 Å². The molecule has 0 spiro atoms. The molecule has 1 fully saturated rings. The van der Waals surface area contributed by atoms with Crippen molar-refractivity contribution in [3.63, 3.8) is 0 Å². The fraction of sp³-hybridized carbons (Fsp3) is 0.286. The molecular weight excluding hydrogens is 376 g/mol. The Morgan fingerprint density at radius 3 is 2.41 bits per heavy atom. The molecule has 0 aliphatic heterocycles. The molecule has 1 aliphatic carbocycles. The number of hydrogen-bond donors (Lipinski definition) is 0. The summed E-state index contributed by atoms with van der Waals surface area (Å²) in [6, 6.07) is 10.5. The van der Waals surface area contributed by atoms with Crippen molar-refractivity contribution in [2.24, 2.45) is 7.05 Å². The predicted molar refractivity (Wildman–Crippen MR) is 105 cm³/mol. The molecule has 4 aromatic rings. The highest BCUT2D eigenvalue weighted by Crippen LogP contribution is 2.45. The lowest BCUT2D eigenvalue weighted by Crippen LogP contribution is -2.00. The van der Waals surface area contributed by atoms with Gasteiger partial charge >= 0.3 is 0 Å². The highest BCUT2D eigenvalue weighted by Gasteiger charge is 2.33. The van der Waals surface area contributed by atoms with Crippen molar-refractivity contribution < 1.29 is 13.5 Å². The van der Waals surface area contributed by atoms with Gasteiger partial charge in [-0.3, -0.25) is 4.68 Å². The Morgan fingerprint density at radius 2 is 1.83 bits per heavy atom. The number of methoxy groups -OCH3 is 1. The molecule has 8 heteroatoms. The van der Waals surface area contributed by atoms with Gasteiger partial charge in [-0.2, -0.15) is 10.2 Å². The van der Waals surface area contributed by atoms with E-state index in [4.69, 9.17) is 14.8 Å². The third kappa shape index (κ3) is 3.04. The van der Waals surface area contributed by atoms with Gasteiger partial charge in [-0.1, -0.05) is 0 Å². The van der Waals surface area contributed by atoms with Crippen LogP contribution in [0, 0.1) is 0 Å². The second-order valence-corrected chi connectivity index (χ2v) is 7.24. The summed E-state index contributed by atoms with van der Waals surface area (Å²) in [7, 11) is 3.38. The molecular formula is C21H19F2N5O. The van der Waals surface area contributed by atoms with E-state index in [-0.39, 0.29) is 11.5 Å². The minimum Gasteiger partial charge on any atom is -0.497 e. The number of hydrogen-bond acceptors (Lipinski definition) is 4. The smallest absolute Gasteiger partial charge is 0.264 e. The number of benzene rings is 1. The molecule has 0 atom stereocenters. The number of ether oxygens (including phenoxy) is 1. The van der Waals surface area contributed by atoms with E-state index in [2.05, 4.69) is 5.10 Å². The first-order valence-electron chi connectivity index (χ1n) is 9.41. The van der Waals surface area contributed by atoms with Crippen LogP contribution >= 0.6 is 0 Å². The van der Waals surface area contributed by atoms with Gasteiger partial charge in [-0.15, -0.1) is 0 Å². The summed E-state index contributed by atoms with van der Waals surface area (Å²) in [5, 5.41) is 9.50. The van der Waals surface area contributed by atoms with Crippen LogP contribution in [0.1, 0.15) is 36.4 Å². The average Bonchev–Trinajstić information content (AvgIpc) is 3.37. The molecule has 0 unspecified atom stereocenters. The zero-order valence-corrected chi connectivity index (χ0v) is 16.0. The molecule has 0 radical (unpaired) electrons. The molecule has 6 nitrogen and oxygen atoms in total. The summed E-state index contributed by atoms with van der Waals surface area (Å²) < 4.78 is 36.6. The summed E-state index contributed by atoms with van der Waals surface area (Å²) in [6.45, 7) is 0. The van der Waals surface area contributed by atoms with Crippen molar-refractivity contribution in [1.82, 2.24) is 24.5 Å². The van der Waals surface area contributed by atoms with E-state index in [1.54, 1.807) is 35.8 Å². The third-order valence-corrected chi connectivity index (χ3v) is 5.19. The van der Waals surface area contributed by atoms with Crippen LogP contribution in [-0.4, -0.2) is 31.7 Å². The van der Waals surface area contributed by atoms with Gasteiger partial charge in [0.1, 0.15) is 11.4 Å². The topological polar surface area (TPSA) is 57.8 Å². The van der Waals surface area contributed by atoms with E-state index in [0.717, 1.165) is 18.5 Å². The SMILES string of the molecule is COc1ccc(-n2nc(C3CC3)c3c(C(F)F)cc(-c4ccn(C)n4)nc32)cc1. The van der Waals surface area contributed by atoms with Gasteiger partial charge < -0.3 is 4.74 Å². The van der Waals surface area contributed by atoms with Crippen LogP contribution in [0.3, 0.4) is 0 Å². The Morgan fingerprint density at radius 1 is 1.07 bits per heavy atom. The number of nitrogens with zero attached hydrogens (tertiary/aromatic N) is 5. The normalized spacial score (nSPS) is 14.1. The van der Waals surface area contributed by atoms with Gasteiger partial charge in [0.2, 0.25) is 0 Å². The van der Waals surface area contributed by atoms with Crippen LogP contribution in [0.5, 0.6) is 5.75 Å². The average molecular weight is 395 g/mol. The van der Waals surface area contributed by atoms with Crippen molar-refractivity contribution in [1.29, 1.82) is 0 Å². The summed E-state index contributed by atoms with van der Waals surface area (Å²) in [6.07, 6.45) is 1.05. The minimum absolute atomic E-state index is 0.0442. The predicted octanol–water partition coefficient (Wildman–Crippen LogP) is 4.64. The van der Waals surface area contributed by atoms with Gasteiger partial charge in [0.25, 0.3) is 6.43 Å². The van der Waals surface area contributed by atoms with E-state index in [0.29, 0.717) is 33.9 Å². The van der Waals surface area contributed by atoms with Crippen LogP contribution in [-0.2, 0) is 7.05 Å². The summed E-state index contributed by atoms with van der Waals surface area (Å²) in [5.41, 5.74) is 2.78. The Kier molecular flexibility index (Phi) is 4.08. The fourth-order valence-corrected chi connectivity index (χ4v) is 3.57. The third-order valence-electron chi connectivity index (χ3n) is 5.19. The second kappa shape index (κ2) is 6.65. The second-order valence-electron chi connectivity index (χ2n) is 7.24. The standard InChI is InChI=1S/C21H19F2N5O/c1-27-10-9-16(25-27)17-11-15(20(22)23)18-19(12-3-4-12)26-28(21(18)24-17)13-5-7-14(29-2)8-6-13/h5-12,20H,3-4H2,1-2H3. The lowest BCUT2D eigenvalue weighted by Gasteiger charge is -2.08. The zero-order chi connectivity index (χ0) is 20.1. The van der Waals surface area contributed by atoms with Crippen LogP contribution in [0.25, 0.3) is 28.1 Å². The molecule has 0 saturated heterocycles. The maximum absolute atomic E-state index is 14.1. The molecule has 0 N–H and O–H groups in total. The first-order chi connectivity index (χ1) is 14.0. The Balaban J connectivity index is 1.79. The van der Waals surface area contributed by atoms with E-state index in [1.807, 2.05) is 24.3 Å². The van der Waals surface area contributed by atoms with Gasteiger partial charge in [0.15, 0.2) is 5.65 Å². The molecule has 3 heterocycles. The maximum atomic E-state index is 14.1. The zero-order valence-electron chi connectivity index (χ0n) is 16.0. The minimum atomic E-state index is -2.63. The number of aryl methyl sites for hydroxylation is 1. The lowest BCUT2D eigenvalue weighted by molar-refractivity contribution is 0.153. The van der Waals surface area contributed by atoms with E-state index >= 15 is 0 Å². The van der Waals surface area contributed by atoms with Crippen molar-refractivity contribution in [2.75, 3.05) is 7.11 Å². The number of fused-ring (bicyclic) bond motifs is 1. The Bertz CT molecular complexity index is 1190. The molecule has 5 rings (SSSR count). The largest absolute Gasteiger partial charge is 0.497 e. The molecule has 1 aromatic carbocycles. The first kappa shape index (κ1) is 17.8. The van der Waals surface area contributed by atoms with Crippen molar-refractivity contribution >= 4 is 11.0 Å². The van der Waals surface area contributed by atoms with Crippen molar-refractivity contribution in [3.05, 3.63) is 53.9 Å². The van der Waals surface area contributed by atoms with E-state index in [9.17, 15) is 8.78 Å². The van der Waals surface area contributed by atoms with Crippen LogP contribution in [0.2, 0.25) is 0 Å². The molecule has 1 saturated carbocycles. The van der Waals surface area contributed by atoms with Crippen molar-refractivity contribution in [2.45, 2.75) is 25.2 Å². The highest BCUT2D eigenvalue weighted by atomic mass is 19.3. The van der Waals surface area contributed by atoms with Gasteiger partial charge in [0.05, 0.1) is 29.6 Å². The fourth-order valence-electron chi connectivity index (χ4n) is 3.57.